The number of methoxy groups -OCH3 is 1. The van der Waals surface area contributed by atoms with Gasteiger partial charge in [0.1, 0.15) is 5.75 Å². The normalized spacial score (nSPS) is 17.4. The number of urea groups is 1. The van der Waals surface area contributed by atoms with Gasteiger partial charge in [-0.3, -0.25) is 0 Å². The van der Waals surface area contributed by atoms with Crippen LogP contribution in [0.2, 0.25) is 0 Å². The maximum absolute atomic E-state index is 12.7. The molecule has 1 saturated heterocycles. The Bertz CT molecular complexity index is 744. The lowest BCUT2D eigenvalue weighted by Gasteiger charge is -2.32. The third-order valence-electron chi connectivity index (χ3n) is 4.53. The highest BCUT2D eigenvalue weighted by atomic mass is 16.5. The summed E-state index contributed by atoms with van der Waals surface area (Å²) < 4.78 is 10.4. The van der Waals surface area contributed by atoms with Gasteiger partial charge in [-0.25, -0.2) is 4.79 Å². The van der Waals surface area contributed by atoms with E-state index < -0.39 is 0 Å². The Morgan fingerprint density at radius 3 is 3.00 bits per heavy atom. The summed E-state index contributed by atoms with van der Waals surface area (Å²) in [6.45, 7) is 5.18. The van der Waals surface area contributed by atoms with Crippen molar-refractivity contribution in [2.45, 2.75) is 33.1 Å². The fourth-order valence-electron chi connectivity index (χ4n) is 3.26. The van der Waals surface area contributed by atoms with Crippen LogP contribution < -0.4 is 10.1 Å². The van der Waals surface area contributed by atoms with Crippen LogP contribution in [-0.2, 0) is 6.42 Å². The Morgan fingerprint density at radius 1 is 1.44 bits per heavy atom. The monoisotopic (exact) mass is 344 g/mol. The smallest absolute Gasteiger partial charge is 0.321 e. The van der Waals surface area contributed by atoms with Crippen molar-refractivity contribution in [1.29, 1.82) is 0 Å². The van der Waals surface area contributed by atoms with E-state index in [9.17, 15) is 4.79 Å². The van der Waals surface area contributed by atoms with E-state index in [-0.39, 0.29) is 6.03 Å². The summed E-state index contributed by atoms with van der Waals surface area (Å²) in [6, 6.07) is 5.62. The van der Waals surface area contributed by atoms with Crippen molar-refractivity contribution in [3.05, 3.63) is 35.5 Å². The Hall–Kier alpha value is -2.57. The first-order valence-corrected chi connectivity index (χ1v) is 8.55. The van der Waals surface area contributed by atoms with Gasteiger partial charge in [-0.15, -0.1) is 0 Å². The quantitative estimate of drug-likeness (QED) is 0.921. The van der Waals surface area contributed by atoms with Crippen LogP contribution in [0.1, 0.15) is 30.1 Å². The number of likely N-dealkylation sites (tertiary alicyclic amines) is 1. The number of hydrogen-bond acceptors (Lipinski definition) is 5. The van der Waals surface area contributed by atoms with Crippen molar-refractivity contribution in [3.8, 4) is 5.75 Å². The minimum atomic E-state index is -0.0957. The Kier molecular flexibility index (Phi) is 5.21. The Morgan fingerprint density at radius 2 is 2.28 bits per heavy atom. The molecule has 0 radical (unpaired) electrons. The second kappa shape index (κ2) is 7.55. The van der Waals surface area contributed by atoms with E-state index in [0.717, 1.165) is 37.1 Å². The summed E-state index contributed by atoms with van der Waals surface area (Å²) in [4.78, 5) is 18.8. The molecule has 2 amide bonds. The predicted octanol–water partition coefficient (Wildman–Crippen LogP) is 3.18. The Labute approximate surface area is 147 Å². The van der Waals surface area contributed by atoms with Crippen LogP contribution in [0.4, 0.5) is 10.5 Å². The van der Waals surface area contributed by atoms with Gasteiger partial charge >= 0.3 is 6.03 Å². The van der Waals surface area contributed by atoms with Gasteiger partial charge in [-0.1, -0.05) is 17.3 Å². The number of para-hydroxylation sites is 1. The average molecular weight is 344 g/mol. The van der Waals surface area contributed by atoms with Gasteiger partial charge in [0, 0.05) is 26.4 Å². The van der Waals surface area contributed by atoms with E-state index >= 15 is 0 Å². The third kappa shape index (κ3) is 4.10. The fourth-order valence-corrected chi connectivity index (χ4v) is 3.26. The summed E-state index contributed by atoms with van der Waals surface area (Å²) >= 11 is 0. The maximum atomic E-state index is 12.7. The molecule has 1 fully saturated rings. The van der Waals surface area contributed by atoms with Crippen LogP contribution >= 0.6 is 0 Å². The van der Waals surface area contributed by atoms with E-state index in [1.54, 1.807) is 14.0 Å². The summed E-state index contributed by atoms with van der Waals surface area (Å²) in [7, 11) is 1.61. The highest BCUT2D eigenvalue weighted by molar-refractivity contribution is 5.92. The molecular formula is C18H24N4O3. The van der Waals surface area contributed by atoms with Gasteiger partial charge in [-0.2, -0.15) is 4.98 Å². The first kappa shape index (κ1) is 17.3. The molecule has 2 aromatic rings. The van der Waals surface area contributed by atoms with Crippen molar-refractivity contribution in [3.63, 3.8) is 0 Å². The zero-order chi connectivity index (χ0) is 17.8. The number of aryl methyl sites for hydroxylation is 2. The molecule has 7 nitrogen and oxygen atoms in total. The van der Waals surface area contributed by atoms with Crippen molar-refractivity contribution < 1.29 is 14.1 Å². The molecule has 2 heterocycles. The van der Waals surface area contributed by atoms with Crippen LogP contribution in [0, 0.1) is 19.8 Å². The second-order valence-electron chi connectivity index (χ2n) is 6.47. The zero-order valence-electron chi connectivity index (χ0n) is 14.9. The minimum Gasteiger partial charge on any atom is -0.495 e. The van der Waals surface area contributed by atoms with Crippen molar-refractivity contribution >= 4 is 11.7 Å². The number of aromatic nitrogens is 2. The number of rotatable bonds is 4. The van der Waals surface area contributed by atoms with E-state index in [0.29, 0.717) is 29.9 Å². The molecule has 1 aliphatic heterocycles. The second-order valence-corrected chi connectivity index (χ2v) is 6.47. The van der Waals surface area contributed by atoms with Crippen LogP contribution in [0.3, 0.4) is 0 Å². The van der Waals surface area contributed by atoms with Crippen LogP contribution in [-0.4, -0.2) is 41.3 Å². The number of anilines is 1. The van der Waals surface area contributed by atoms with Gasteiger partial charge in [0.15, 0.2) is 5.82 Å². The molecule has 1 aromatic heterocycles. The lowest BCUT2D eigenvalue weighted by Crippen LogP contribution is -2.43. The largest absolute Gasteiger partial charge is 0.495 e. The number of ether oxygens (including phenoxy) is 1. The lowest BCUT2D eigenvalue weighted by atomic mass is 9.95. The van der Waals surface area contributed by atoms with E-state index in [4.69, 9.17) is 9.26 Å². The van der Waals surface area contributed by atoms with E-state index in [2.05, 4.69) is 15.5 Å². The number of amides is 2. The molecule has 25 heavy (non-hydrogen) atoms. The predicted molar refractivity (Wildman–Crippen MR) is 93.8 cm³/mol. The molecule has 134 valence electrons. The van der Waals surface area contributed by atoms with E-state index in [1.807, 2.05) is 30.0 Å². The molecule has 7 heteroatoms. The average Bonchev–Trinajstić information content (AvgIpc) is 3.01. The van der Waals surface area contributed by atoms with Gasteiger partial charge in [0.25, 0.3) is 0 Å². The van der Waals surface area contributed by atoms with Crippen LogP contribution in [0.15, 0.2) is 22.7 Å². The number of carbonyl (C=O) groups is 1. The van der Waals surface area contributed by atoms with Gasteiger partial charge in [0.05, 0.1) is 12.8 Å². The number of hydrogen-bond donors (Lipinski definition) is 1. The van der Waals surface area contributed by atoms with Crippen LogP contribution in [0.5, 0.6) is 5.75 Å². The number of benzene rings is 1. The SMILES string of the molecule is COc1cccc(C)c1NC(=O)N1CCCC(Cc2noc(C)n2)C1. The molecule has 1 atom stereocenters. The van der Waals surface area contributed by atoms with Crippen LogP contribution in [0.25, 0.3) is 0 Å². The minimum absolute atomic E-state index is 0.0957. The fraction of sp³-hybridized carbons (Fsp3) is 0.500. The molecule has 1 aromatic carbocycles. The van der Waals surface area contributed by atoms with Crippen molar-refractivity contribution in [1.82, 2.24) is 15.0 Å². The molecule has 0 spiro atoms. The molecule has 1 unspecified atom stereocenters. The van der Waals surface area contributed by atoms with Gasteiger partial charge in [-0.05, 0) is 37.3 Å². The summed E-state index contributed by atoms with van der Waals surface area (Å²) in [5.41, 5.74) is 1.70. The number of piperidine rings is 1. The number of nitrogens with zero attached hydrogens (tertiary/aromatic N) is 3. The van der Waals surface area contributed by atoms with Crippen molar-refractivity contribution in [2.24, 2.45) is 5.92 Å². The van der Waals surface area contributed by atoms with Gasteiger partial charge in [0.2, 0.25) is 5.89 Å². The third-order valence-corrected chi connectivity index (χ3v) is 4.53. The highest BCUT2D eigenvalue weighted by Crippen LogP contribution is 2.28. The summed E-state index contributed by atoms with van der Waals surface area (Å²) in [5, 5.41) is 6.96. The molecule has 1 N–H and O–H groups in total. The first-order chi connectivity index (χ1) is 12.1. The Balaban J connectivity index is 1.64. The topological polar surface area (TPSA) is 80.5 Å². The summed E-state index contributed by atoms with van der Waals surface area (Å²) in [6.07, 6.45) is 2.76. The molecule has 0 aliphatic carbocycles. The molecule has 3 rings (SSSR count). The zero-order valence-corrected chi connectivity index (χ0v) is 14.9. The van der Waals surface area contributed by atoms with E-state index in [1.165, 1.54) is 0 Å². The molecule has 0 bridgehead atoms. The molecule has 0 saturated carbocycles. The van der Waals surface area contributed by atoms with Gasteiger partial charge < -0.3 is 19.5 Å². The standard InChI is InChI=1S/C18H24N4O3/c1-12-6-4-8-15(24-3)17(12)20-18(23)22-9-5-7-14(11-22)10-16-19-13(2)25-21-16/h4,6,8,14H,5,7,9-11H2,1-3H3,(H,20,23). The molecular weight excluding hydrogens is 320 g/mol. The maximum Gasteiger partial charge on any atom is 0.321 e. The number of nitrogens with one attached hydrogen (secondary N) is 1. The van der Waals surface area contributed by atoms with Crippen molar-refractivity contribution in [2.75, 3.05) is 25.5 Å². The summed E-state index contributed by atoms with van der Waals surface area (Å²) in [5.74, 6) is 2.30. The molecule has 1 aliphatic rings. The first-order valence-electron chi connectivity index (χ1n) is 8.55. The number of carbonyl (C=O) groups excluding carboxylic acids is 1. The lowest BCUT2D eigenvalue weighted by molar-refractivity contribution is 0.176. The highest BCUT2D eigenvalue weighted by Gasteiger charge is 2.26.